The number of nitrogens with zero attached hydrogens (tertiary/aromatic N) is 4. The average molecular weight is 393 g/mol. The van der Waals surface area contributed by atoms with Crippen LogP contribution in [0.15, 0.2) is 33.9 Å². The molecule has 0 aliphatic rings. The topological polar surface area (TPSA) is 120 Å². The molecule has 2 aromatic heterocycles. The number of aliphatic hydroxyl groups excluding tert-OH is 1. The van der Waals surface area contributed by atoms with Gasteiger partial charge >= 0.3 is 5.69 Å². The van der Waals surface area contributed by atoms with E-state index in [9.17, 15) is 14.7 Å². The molecule has 0 saturated carbocycles. The van der Waals surface area contributed by atoms with E-state index in [1.165, 1.54) is 11.6 Å². The minimum atomic E-state index is -0.773. The molecule has 3 aromatic rings. The molecular formula is C17H21ClN6O3. The molecule has 9 nitrogen and oxygen atoms in total. The van der Waals surface area contributed by atoms with E-state index in [1.807, 2.05) is 18.2 Å². The summed E-state index contributed by atoms with van der Waals surface area (Å²) in [5.74, 6) is 0.343. The molecule has 1 unspecified atom stereocenters. The monoisotopic (exact) mass is 392 g/mol. The molecule has 0 fully saturated rings. The van der Waals surface area contributed by atoms with Crippen molar-refractivity contribution in [2.24, 2.45) is 19.8 Å². The average Bonchev–Trinajstić information content (AvgIpc) is 3.03. The first-order chi connectivity index (χ1) is 12.8. The first-order valence-corrected chi connectivity index (χ1v) is 8.74. The third kappa shape index (κ3) is 3.48. The number of fused-ring (bicyclic) bond motifs is 1. The third-order valence-corrected chi connectivity index (χ3v) is 4.77. The Morgan fingerprint density at radius 2 is 1.96 bits per heavy atom. The van der Waals surface area contributed by atoms with Crippen molar-refractivity contribution >= 4 is 28.7 Å². The number of imidazole rings is 1. The number of aryl methyl sites for hydroxylation is 1. The Labute approximate surface area is 159 Å². The van der Waals surface area contributed by atoms with Crippen molar-refractivity contribution in [1.82, 2.24) is 18.7 Å². The van der Waals surface area contributed by atoms with Gasteiger partial charge < -0.3 is 16.2 Å². The summed E-state index contributed by atoms with van der Waals surface area (Å²) < 4.78 is 4.00. The van der Waals surface area contributed by atoms with E-state index in [1.54, 1.807) is 17.7 Å². The van der Waals surface area contributed by atoms with Crippen molar-refractivity contribution in [2.45, 2.75) is 12.6 Å². The second-order valence-corrected chi connectivity index (χ2v) is 6.67. The lowest BCUT2D eigenvalue weighted by molar-refractivity contribution is 0.195. The summed E-state index contributed by atoms with van der Waals surface area (Å²) in [5.41, 5.74) is 5.83. The molecule has 0 bridgehead atoms. The van der Waals surface area contributed by atoms with E-state index in [-0.39, 0.29) is 30.8 Å². The van der Waals surface area contributed by atoms with Crippen LogP contribution in [-0.4, -0.2) is 43.0 Å². The minimum Gasteiger partial charge on any atom is -0.390 e. The van der Waals surface area contributed by atoms with Gasteiger partial charge in [-0.2, -0.15) is 4.98 Å². The largest absolute Gasteiger partial charge is 0.390 e. The lowest BCUT2D eigenvalue weighted by atomic mass is 10.2. The van der Waals surface area contributed by atoms with Gasteiger partial charge in [0.15, 0.2) is 11.2 Å². The zero-order valence-electron chi connectivity index (χ0n) is 15.0. The van der Waals surface area contributed by atoms with E-state index in [0.29, 0.717) is 11.0 Å². The van der Waals surface area contributed by atoms with Gasteiger partial charge in [-0.15, -0.1) is 0 Å². The summed E-state index contributed by atoms with van der Waals surface area (Å²) in [6.45, 7) is 0.499. The normalized spacial score (nSPS) is 12.5. The zero-order chi connectivity index (χ0) is 19.7. The highest BCUT2D eigenvalue weighted by Crippen LogP contribution is 2.22. The standard InChI is InChI=1S/C17H21ClN6O3/c1-22-14-13(15(26)23(2)17(22)27)24(9-10-5-3-4-6-12(10)18)16(21-14)20-8-11(25)7-19/h3-6,11,25H,7-9,19H2,1-2H3,(H,20,21). The zero-order valence-corrected chi connectivity index (χ0v) is 15.8. The van der Waals surface area contributed by atoms with Gasteiger partial charge in [0, 0.05) is 32.2 Å². The number of hydrogen-bond donors (Lipinski definition) is 3. The fraction of sp³-hybridized carbons (Fsp3) is 0.353. The molecular weight excluding hydrogens is 372 g/mol. The lowest BCUT2D eigenvalue weighted by Crippen LogP contribution is -2.37. The number of benzene rings is 1. The van der Waals surface area contributed by atoms with Crippen LogP contribution in [0.4, 0.5) is 5.95 Å². The Kier molecular flexibility index (Phi) is 5.36. The van der Waals surface area contributed by atoms with Gasteiger partial charge in [0.25, 0.3) is 5.56 Å². The second-order valence-electron chi connectivity index (χ2n) is 6.26. The first-order valence-electron chi connectivity index (χ1n) is 8.36. The van der Waals surface area contributed by atoms with Crippen LogP contribution in [0.25, 0.3) is 11.2 Å². The predicted octanol–water partition coefficient (Wildman–Crippen LogP) is -0.133. The van der Waals surface area contributed by atoms with Gasteiger partial charge in [0.2, 0.25) is 5.95 Å². The Morgan fingerprint density at radius 3 is 2.63 bits per heavy atom. The number of anilines is 1. The van der Waals surface area contributed by atoms with E-state index in [4.69, 9.17) is 17.3 Å². The summed E-state index contributed by atoms with van der Waals surface area (Å²) in [7, 11) is 2.97. The highest BCUT2D eigenvalue weighted by atomic mass is 35.5. The second kappa shape index (κ2) is 7.55. The van der Waals surface area contributed by atoms with Gasteiger partial charge in [-0.05, 0) is 11.6 Å². The van der Waals surface area contributed by atoms with Gasteiger partial charge in [-0.25, -0.2) is 4.79 Å². The molecule has 0 aliphatic heterocycles. The number of halogens is 1. The molecule has 4 N–H and O–H groups in total. The van der Waals surface area contributed by atoms with Crippen LogP contribution in [0.3, 0.4) is 0 Å². The SMILES string of the molecule is Cn1c(=O)c2c(nc(NCC(O)CN)n2Cc2ccccc2Cl)n(C)c1=O. The Balaban J connectivity index is 2.22. The molecule has 0 aliphatic carbocycles. The Hall–Kier alpha value is -2.62. The van der Waals surface area contributed by atoms with Gasteiger partial charge in [-0.3, -0.25) is 18.5 Å². The molecule has 144 valence electrons. The van der Waals surface area contributed by atoms with E-state index in [0.717, 1.165) is 10.1 Å². The van der Waals surface area contributed by atoms with Crippen LogP contribution < -0.4 is 22.3 Å². The molecule has 0 radical (unpaired) electrons. The molecule has 10 heteroatoms. The minimum absolute atomic E-state index is 0.0813. The van der Waals surface area contributed by atoms with Crippen molar-refractivity contribution in [2.75, 3.05) is 18.4 Å². The van der Waals surface area contributed by atoms with E-state index in [2.05, 4.69) is 10.3 Å². The molecule has 3 rings (SSSR count). The highest BCUT2D eigenvalue weighted by molar-refractivity contribution is 6.31. The maximum Gasteiger partial charge on any atom is 0.332 e. The molecule has 2 heterocycles. The molecule has 0 spiro atoms. The lowest BCUT2D eigenvalue weighted by Gasteiger charge is -2.13. The fourth-order valence-corrected chi connectivity index (χ4v) is 3.02. The number of nitrogens with two attached hydrogens (primary N) is 1. The first kappa shape index (κ1) is 19.2. The number of aliphatic hydroxyl groups is 1. The van der Waals surface area contributed by atoms with Gasteiger partial charge in [0.1, 0.15) is 0 Å². The summed E-state index contributed by atoms with van der Waals surface area (Å²) in [6, 6.07) is 7.27. The fourth-order valence-electron chi connectivity index (χ4n) is 2.82. The van der Waals surface area contributed by atoms with Crippen LogP contribution in [0.2, 0.25) is 5.02 Å². The maximum atomic E-state index is 12.8. The summed E-state index contributed by atoms with van der Waals surface area (Å²) >= 11 is 6.27. The van der Waals surface area contributed by atoms with Gasteiger partial charge in [0.05, 0.1) is 12.6 Å². The summed E-state index contributed by atoms with van der Waals surface area (Å²) in [5, 5.41) is 13.3. The van der Waals surface area contributed by atoms with Crippen LogP contribution in [0.5, 0.6) is 0 Å². The predicted molar refractivity (Wildman–Crippen MR) is 104 cm³/mol. The molecule has 0 saturated heterocycles. The van der Waals surface area contributed by atoms with Crippen molar-refractivity contribution in [3.05, 3.63) is 55.7 Å². The molecule has 0 amide bonds. The number of aromatic nitrogens is 4. The van der Waals surface area contributed by atoms with Crippen LogP contribution >= 0.6 is 11.6 Å². The van der Waals surface area contributed by atoms with E-state index < -0.39 is 17.4 Å². The Bertz CT molecular complexity index is 1100. The quantitative estimate of drug-likeness (QED) is 0.537. The molecule has 27 heavy (non-hydrogen) atoms. The third-order valence-electron chi connectivity index (χ3n) is 4.40. The molecule has 1 atom stereocenters. The van der Waals surface area contributed by atoms with Crippen molar-refractivity contribution in [3.8, 4) is 0 Å². The highest BCUT2D eigenvalue weighted by Gasteiger charge is 2.20. The van der Waals surface area contributed by atoms with Crippen LogP contribution in [0.1, 0.15) is 5.56 Å². The maximum absolute atomic E-state index is 12.8. The van der Waals surface area contributed by atoms with Crippen LogP contribution in [-0.2, 0) is 20.6 Å². The summed E-state index contributed by atoms with van der Waals surface area (Å²) in [6.07, 6.45) is -0.773. The van der Waals surface area contributed by atoms with Crippen molar-refractivity contribution < 1.29 is 5.11 Å². The van der Waals surface area contributed by atoms with E-state index >= 15 is 0 Å². The number of rotatable bonds is 6. The van der Waals surface area contributed by atoms with Crippen LogP contribution in [0, 0.1) is 0 Å². The number of hydrogen-bond acceptors (Lipinski definition) is 6. The molecule has 1 aromatic carbocycles. The van der Waals surface area contributed by atoms with Crippen molar-refractivity contribution in [1.29, 1.82) is 0 Å². The Morgan fingerprint density at radius 1 is 1.26 bits per heavy atom. The summed E-state index contributed by atoms with van der Waals surface area (Å²) in [4.78, 5) is 29.4. The van der Waals surface area contributed by atoms with Gasteiger partial charge in [-0.1, -0.05) is 29.8 Å². The number of nitrogens with one attached hydrogen (secondary N) is 1. The smallest absolute Gasteiger partial charge is 0.332 e. The van der Waals surface area contributed by atoms with Crippen molar-refractivity contribution in [3.63, 3.8) is 0 Å².